The predicted molar refractivity (Wildman–Crippen MR) is 85.1 cm³/mol. The maximum absolute atomic E-state index is 12.0. The molecule has 19 heavy (non-hydrogen) atoms. The second-order valence-corrected chi connectivity index (χ2v) is 10.1. The Hall–Kier alpha value is -0.310. The van der Waals surface area contributed by atoms with E-state index in [0.29, 0.717) is 12.2 Å². The van der Waals surface area contributed by atoms with Crippen LogP contribution in [-0.2, 0) is 9.84 Å². The highest BCUT2D eigenvalue weighted by atomic mass is 32.2. The molecule has 0 saturated heterocycles. The molecular weight excluding hydrogens is 256 g/mol. The molecule has 0 aromatic rings. The summed E-state index contributed by atoms with van der Waals surface area (Å²) < 4.78 is 24.0. The molecule has 0 saturated carbocycles. The molecule has 0 aromatic heterocycles. The minimum Gasteiger partial charge on any atom is -0.229 e. The Morgan fingerprint density at radius 2 is 1.53 bits per heavy atom. The van der Waals surface area contributed by atoms with E-state index in [0.717, 1.165) is 6.42 Å². The maximum Gasteiger partial charge on any atom is 0.150 e. The van der Waals surface area contributed by atoms with Crippen LogP contribution < -0.4 is 0 Å². The lowest BCUT2D eigenvalue weighted by molar-refractivity contribution is 0.285. The summed E-state index contributed by atoms with van der Waals surface area (Å²) in [5.74, 6) is 0.758. The van der Waals surface area contributed by atoms with Crippen molar-refractivity contribution < 1.29 is 8.42 Å². The van der Waals surface area contributed by atoms with Crippen LogP contribution in [0.5, 0.6) is 0 Å². The summed E-state index contributed by atoms with van der Waals surface area (Å²) in [5, 5.41) is 0. The van der Waals surface area contributed by atoms with Gasteiger partial charge in [0.15, 0.2) is 9.84 Å². The molecule has 2 nitrogen and oxygen atoms in total. The summed E-state index contributed by atoms with van der Waals surface area (Å²) in [6.45, 7) is 14.8. The van der Waals surface area contributed by atoms with E-state index in [1.165, 1.54) is 0 Å². The van der Waals surface area contributed by atoms with E-state index >= 15 is 0 Å². The quantitative estimate of drug-likeness (QED) is 0.676. The van der Waals surface area contributed by atoms with Crippen molar-refractivity contribution in [3.63, 3.8) is 0 Å². The minimum atomic E-state index is -2.93. The third-order valence-electron chi connectivity index (χ3n) is 3.47. The van der Waals surface area contributed by atoms with Crippen molar-refractivity contribution in [1.82, 2.24) is 0 Å². The van der Waals surface area contributed by atoms with Crippen molar-refractivity contribution in [1.29, 1.82) is 0 Å². The smallest absolute Gasteiger partial charge is 0.150 e. The van der Waals surface area contributed by atoms with Crippen molar-refractivity contribution in [2.24, 2.45) is 16.7 Å². The predicted octanol–water partition coefficient (Wildman–Crippen LogP) is 4.47. The van der Waals surface area contributed by atoms with Gasteiger partial charge in [0.25, 0.3) is 0 Å². The molecule has 0 bridgehead atoms. The van der Waals surface area contributed by atoms with Gasteiger partial charge in [-0.05, 0) is 29.6 Å². The molecule has 1 atom stereocenters. The van der Waals surface area contributed by atoms with Crippen molar-refractivity contribution in [2.75, 3.05) is 11.5 Å². The molecule has 0 heterocycles. The number of allylic oxidation sites excluding steroid dienone is 2. The first-order chi connectivity index (χ1) is 8.33. The van der Waals surface area contributed by atoms with Gasteiger partial charge in [-0.3, -0.25) is 0 Å². The fourth-order valence-corrected chi connectivity index (χ4v) is 3.44. The zero-order valence-corrected chi connectivity index (χ0v) is 14.6. The lowest BCUT2D eigenvalue weighted by atomic mass is 9.83. The Morgan fingerprint density at radius 3 is 1.95 bits per heavy atom. The molecule has 0 aliphatic carbocycles. The van der Waals surface area contributed by atoms with Gasteiger partial charge in [-0.1, -0.05) is 60.6 Å². The zero-order valence-electron chi connectivity index (χ0n) is 13.8. The Kier molecular flexibility index (Phi) is 6.80. The third kappa shape index (κ3) is 10.2. The summed E-state index contributed by atoms with van der Waals surface area (Å²) in [4.78, 5) is 0. The third-order valence-corrected chi connectivity index (χ3v) is 5.34. The summed E-state index contributed by atoms with van der Waals surface area (Å²) >= 11 is 0. The van der Waals surface area contributed by atoms with Gasteiger partial charge in [0.1, 0.15) is 0 Å². The molecule has 0 radical (unpaired) electrons. The molecule has 3 heteroatoms. The molecule has 0 fully saturated rings. The fraction of sp³-hybridized carbons (Fsp3) is 0.875. The van der Waals surface area contributed by atoms with Crippen LogP contribution in [0.15, 0.2) is 12.2 Å². The molecule has 1 unspecified atom stereocenters. The van der Waals surface area contributed by atoms with E-state index in [-0.39, 0.29) is 22.5 Å². The fourth-order valence-electron chi connectivity index (χ4n) is 1.52. The van der Waals surface area contributed by atoms with Crippen LogP contribution in [0, 0.1) is 16.7 Å². The van der Waals surface area contributed by atoms with Crippen LogP contribution >= 0.6 is 0 Å². The van der Waals surface area contributed by atoms with Crippen LogP contribution in [0.1, 0.15) is 61.3 Å². The van der Waals surface area contributed by atoms with Crippen molar-refractivity contribution in [2.45, 2.75) is 61.3 Å². The lowest BCUT2D eigenvalue weighted by Gasteiger charge is -2.26. The van der Waals surface area contributed by atoms with Gasteiger partial charge in [-0.15, -0.1) is 0 Å². The number of hydrogen-bond acceptors (Lipinski definition) is 2. The first-order valence-electron chi connectivity index (χ1n) is 7.19. The lowest BCUT2D eigenvalue weighted by Crippen LogP contribution is -2.26. The first kappa shape index (κ1) is 18.7. The highest BCUT2D eigenvalue weighted by Gasteiger charge is 2.25. The van der Waals surface area contributed by atoms with Gasteiger partial charge in [-0.25, -0.2) is 8.42 Å². The van der Waals surface area contributed by atoms with Gasteiger partial charge >= 0.3 is 0 Å². The molecular formula is C16H32O2S. The second-order valence-electron chi connectivity index (χ2n) is 7.91. The van der Waals surface area contributed by atoms with Crippen molar-refractivity contribution in [3.05, 3.63) is 12.2 Å². The second kappa shape index (κ2) is 6.92. The Labute approximate surface area is 120 Å². The standard InChI is InChI=1S/C16H32O2S/c1-14(16(5,6)7)13-19(17,18)12-10-8-9-11-15(2,3)4/h8-9,14H,10-13H2,1-7H3/b9-8+. The summed E-state index contributed by atoms with van der Waals surface area (Å²) in [6.07, 6.45) is 5.73. The Morgan fingerprint density at radius 1 is 1.00 bits per heavy atom. The highest BCUT2D eigenvalue weighted by molar-refractivity contribution is 7.91. The maximum atomic E-state index is 12.0. The van der Waals surface area contributed by atoms with E-state index in [4.69, 9.17) is 0 Å². The molecule has 0 aliphatic rings. The normalized spacial score (nSPS) is 15.9. The largest absolute Gasteiger partial charge is 0.229 e. The van der Waals surface area contributed by atoms with E-state index < -0.39 is 9.84 Å². The molecule has 0 aliphatic heterocycles. The van der Waals surface area contributed by atoms with Crippen molar-refractivity contribution in [3.8, 4) is 0 Å². The van der Waals surface area contributed by atoms with Gasteiger partial charge in [0, 0.05) is 0 Å². The van der Waals surface area contributed by atoms with Crippen LogP contribution in [0.3, 0.4) is 0 Å². The van der Waals surface area contributed by atoms with E-state index in [1.54, 1.807) is 0 Å². The van der Waals surface area contributed by atoms with Crippen LogP contribution in [0.2, 0.25) is 0 Å². The summed E-state index contributed by atoms with van der Waals surface area (Å²) in [6, 6.07) is 0. The monoisotopic (exact) mass is 288 g/mol. The minimum absolute atomic E-state index is 0.0507. The van der Waals surface area contributed by atoms with Crippen molar-refractivity contribution >= 4 is 9.84 Å². The molecule has 0 aromatic carbocycles. The topological polar surface area (TPSA) is 34.1 Å². The van der Waals surface area contributed by atoms with Gasteiger partial charge in [-0.2, -0.15) is 0 Å². The Balaban J connectivity index is 4.20. The molecule has 0 spiro atoms. The van der Waals surface area contributed by atoms with E-state index in [1.807, 2.05) is 13.0 Å². The highest BCUT2D eigenvalue weighted by Crippen LogP contribution is 2.26. The van der Waals surface area contributed by atoms with E-state index in [9.17, 15) is 8.42 Å². The molecule has 114 valence electrons. The summed E-state index contributed by atoms with van der Waals surface area (Å²) in [5.41, 5.74) is 0.325. The molecule has 0 amide bonds. The van der Waals surface area contributed by atoms with Crippen LogP contribution in [0.25, 0.3) is 0 Å². The SMILES string of the molecule is CC(CS(=O)(=O)CC/C=C/CC(C)(C)C)C(C)(C)C. The Bertz CT molecular complexity index is 378. The first-order valence-corrected chi connectivity index (χ1v) is 9.01. The number of rotatable bonds is 6. The van der Waals surface area contributed by atoms with E-state index in [2.05, 4.69) is 47.6 Å². The molecule has 0 N–H and O–H groups in total. The number of sulfone groups is 1. The average Bonchev–Trinajstić information content (AvgIpc) is 2.12. The van der Waals surface area contributed by atoms with Gasteiger partial charge in [0.2, 0.25) is 0 Å². The number of hydrogen-bond donors (Lipinski definition) is 0. The molecule has 0 rings (SSSR count). The zero-order chi connectivity index (χ0) is 15.3. The summed E-state index contributed by atoms with van der Waals surface area (Å²) in [7, 11) is -2.93. The van der Waals surface area contributed by atoms with Gasteiger partial charge in [0.05, 0.1) is 11.5 Å². The average molecular weight is 288 g/mol. The van der Waals surface area contributed by atoms with Crippen LogP contribution in [0.4, 0.5) is 0 Å². The van der Waals surface area contributed by atoms with Crippen LogP contribution in [-0.4, -0.2) is 19.9 Å². The van der Waals surface area contributed by atoms with Gasteiger partial charge < -0.3 is 0 Å².